The first kappa shape index (κ1) is 9.06. The molecule has 0 bridgehead atoms. The molecule has 0 unspecified atom stereocenters. The zero-order chi connectivity index (χ0) is 9.97. The van der Waals surface area contributed by atoms with Crippen LogP contribution in [0.2, 0.25) is 0 Å². The lowest BCUT2D eigenvalue weighted by Crippen LogP contribution is -2.38. The number of amides is 1. The minimum Gasteiger partial charge on any atom is -0.365 e. The van der Waals surface area contributed by atoms with Crippen molar-refractivity contribution in [1.82, 2.24) is 5.32 Å². The van der Waals surface area contributed by atoms with Crippen molar-refractivity contribution in [3.63, 3.8) is 0 Å². The van der Waals surface area contributed by atoms with Gasteiger partial charge in [0, 0.05) is 19.3 Å². The van der Waals surface area contributed by atoms with Crippen LogP contribution in [0.25, 0.3) is 0 Å². The summed E-state index contributed by atoms with van der Waals surface area (Å²) in [7, 11) is 1.95. The van der Waals surface area contributed by atoms with Crippen LogP contribution in [0, 0.1) is 0 Å². The number of hydrogen-bond acceptors (Lipinski definition) is 2. The lowest BCUT2D eigenvalue weighted by Gasteiger charge is -2.24. The smallest absolute Gasteiger partial charge is 0.239 e. The number of anilines is 1. The molecule has 0 fully saturated rings. The highest BCUT2D eigenvalue weighted by Crippen LogP contribution is 2.19. The standard InChI is InChI=1S/C11H14N2O/c1-13-8-11(14)12-7-6-9-4-2-3-5-10(9)13/h2-5H,6-8H2,1H3,(H,12,14). The monoisotopic (exact) mass is 190 g/mol. The number of benzene rings is 1. The molecule has 1 aromatic carbocycles. The van der Waals surface area contributed by atoms with E-state index >= 15 is 0 Å². The largest absolute Gasteiger partial charge is 0.365 e. The van der Waals surface area contributed by atoms with E-state index in [1.165, 1.54) is 11.3 Å². The molecule has 0 aliphatic carbocycles. The molecule has 14 heavy (non-hydrogen) atoms. The second-order valence-corrected chi connectivity index (χ2v) is 3.58. The lowest BCUT2D eigenvalue weighted by atomic mass is 10.1. The Bertz CT molecular complexity index is 349. The van der Waals surface area contributed by atoms with Crippen molar-refractivity contribution in [1.29, 1.82) is 0 Å². The fourth-order valence-electron chi connectivity index (χ4n) is 1.79. The SMILES string of the molecule is CN1CC(=O)NCCc2ccccc21. The average Bonchev–Trinajstić information content (AvgIpc) is 2.16. The van der Waals surface area contributed by atoms with Gasteiger partial charge in [0.15, 0.2) is 0 Å². The zero-order valence-corrected chi connectivity index (χ0v) is 8.29. The Morgan fingerprint density at radius 2 is 2.14 bits per heavy atom. The van der Waals surface area contributed by atoms with Crippen LogP contribution in [0.15, 0.2) is 24.3 Å². The average molecular weight is 190 g/mol. The fourth-order valence-corrected chi connectivity index (χ4v) is 1.79. The van der Waals surface area contributed by atoms with Crippen LogP contribution in [0.3, 0.4) is 0 Å². The number of carbonyl (C=O) groups excluding carboxylic acids is 1. The van der Waals surface area contributed by atoms with Crippen molar-refractivity contribution < 1.29 is 4.79 Å². The number of nitrogens with one attached hydrogen (secondary N) is 1. The van der Waals surface area contributed by atoms with Gasteiger partial charge in [-0.1, -0.05) is 18.2 Å². The summed E-state index contributed by atoms with van der Waals surface area (Å²) in [4.78, 5) is 13.3. The van der Waals surface area contributed by atoms with Crippen molar-refractivity contribution in [3.8, 4) is 0 Å². The van der Waals surface area contributed by atoms with Crippen LogP contribution in [0.4, 0.5) is 5.69 Å². The summed E-state index contributed by atoms with van der Waals surface area (Å²) in [6.07, 6.45) is 0.909. The number of fused-ring (bicyclic) bond motifs is 1. The molecule has 74 valence electrons. The maximum Gasteiger partial charge on any atom is 0.239 e. The van der Waals surface area contributed by atoms with Gasteiger partial charge in [-0.15, -0.1) is 0 Å². The van der Waals surface area contributed by atoms with E-state index in [0.29, 0.717) is 6.54 Å². The molecule has 1 heterocycles. The van der Waals surface area contributed by atoms with Gasteiger partial charge in [-0.2, -0.15) is 0 Å². The lowest BCUT2D eigenvalue weighted by molar-refractivity contribution is -0.119. The molecule has 0 saturated carbocycles. The highest BCUT2D eigenvalue weighted by atomic mass is 16.2. The zero-order valence-electron chi connectivity index (χ0n) is 8.29. The number of hydrogen-bond donors (Lipinski definition) is 1. The summed E-state index contributed by atoms with van der Waals surface area (Å²) in [6.45, 7) is 1.18. The summed E-state index contributed by atoms with van der Waals surface area (Å²) in [5.41, 5.74) is 2.47. The van der Waals surface area contributed by atoms with E-state index < -0.39 is 0 Å². The van der Waals surface area contributed by atoms with Gasteiger partial charge >= 0.3 is 0 Å². The molecule has 0 atom stereocenters. The molecule has 3 nitrogen and oxygen atoms in total. The van der Waals surface area contributed by atoms with Crippen LogP contribution in [-0.2, 0) is 11.2 Å². The molecular weight excluding hydrogens is 176 g/mol. The maximum absolute atomic E-state index is 11.3. The van der Waals surface area contributed by atoms with Crippen molar-refractivity contribution in [2.45, 2.75) is 6.42 Å². The second kappa shape index (κ2) is 3.70. The summed E-state index contributed by atoms with van der Waals surface area (Å²) < 4.78 is 0. The Morgan fingerprint density at radius 1 is 1.36 bits per heavy atom. The van der Waals surface area contributed by atoms with Gasteiger partial charge in [-0.05, 0) is 18.1 Å². The normalized spacial score (nSPS) is 16.6. The molecule has 0 saturated heterocycles. The van der Waals surface area contributed by atoms with E-state index in [2.05, 4.69) is 17.4 Å². The highest BCUT2D eigenvalue weighted by molar-refractivity contribution is 5.82. The predicted octanol–water partition coefficient (Wildman–Crippen LogP) is 0.795. The third-order valence-electron chi connectivity index (χ3n) is 2.50. The Labute approximate surface area is 83.7 Å². The van der Waals surface area contributed by atoms with Crippen LogP contribution < -0.4 is 10.2 Å². The first-order valence-electron chi connectivity index (χ1n) is 4.83. The molecule has 1 N–H and O–H groups in total. The number of rotatable bonds is 0. The van der Waals surface area contributed by atoms with Gasteiger partial charge in [0.05, 0.1) is 6.54 Å². The second-order valence-electron chi connectivity index (χ2n) is 3.58. The van der Waals surface area contributed by atoms with Crippen molar-refractivity contribution in [3.05, 3.63) is 29.8 Å². The molecule has 3 heteroatoms. The van der Waals surface area contributed by atoms with E-state index in [-0.39, 0.29) is 5.91 Å². The number of para-hydroxylation sites is 1. The highest BCUT2D eigenvalue weighted by Gasteiger charge is 2.13. The molecule has 0 spiro atoms. The maximum atomic E-state index is 11.3. The van der Waals surface area contributed by atoms with Gasteiger partial charge in [0.25, 0.3) is 0 Å². The summed E-state index contributed by atoms with van der Waals surface area (Å²) in [5, 5.41) is 2.88. The minimum atomic E-state index is 0.0991. The molecule has 1 aromatic rings. The van der Waals surface area contributed by atoms with E-state index in [1.807, 2.05) is 24.1 Å². The number of nitrogens with zero attached hydrogens (tertiary/aromatic N) is 1. The van der Waals surface area contributed by atoms with Crippen LogP contribution in [-0.4, -0.2) is 26.0 Å². The summed E-state index contributed by atoms with van der Waals surface area (Å²) in [5.74, 6) is 0.0991. The molecular formula is C11H14N2O. The Morgan fingerprint density at radius 3 is 3.00 bits per heavy atom. The Kier molecular flexibility index (Phi) is 2.39. The third kappa shape index (κ3) is 1.71. The van der Waals surface area contributed by atoms with E-state index in [4.69, 9.17) is 0 Å². The minimum absolute atomic E-state index is 0.0991. The van der Waals surface area contributed by atoms with Crippen molar-refractivity contribution in [2.75, 3.05) is 25.0 Å². The fraction of sp³-hybridized carbons (Fsp3) is 0.364. The quantitative estimate of drug-likeness (QED) is 0.656. The molecule has 1 amide bonds. The summed E-state index contributed by atoms with van der Waals surface area (Å²) >= 11 is 0. The molecule has 0 radical (unpaired) electrons. The van der Waals surface area contributed by atoms with E-state index in [1.54, 1.807) is 0 Å². The Hall–Kier alpha value is -1.51. The third-order valence-corrected chi connectivity index (χ3v) is 2.50. The van der Waals surface area contributed by atoms with Gasteiger partial charge in [-0.3, -0.25) is 4.79 Å². The number of carbonyl (C=O) groups is 1. The first-order chi connectivity index (χ1) is 6.77. The van der Waals surface area contributed by atoms with Gasteiger partial charge in [0.2, 0.25) is 5.91 Å². The molecule has 0 aromatic heterocycles. The van der Waals surface area contributed by atoms with E-state index in [0.717, 1.165) is 13.0 Å². The topological polar surface area (TPSA) is 32.3 Å². The van der Waals surface area contributed by atoms with Gasteiger partial charge in [0.1, 0.15) is 0 Å². The first-order valence-corrected chi connectivity index (χ1v) is 4.83. The molecule has 1 aliphatic heterocycles. The van der Waals surface area contributed by atoms with Gasteiger partial charge < -0.3 is 10.2 Å². The van der Waals surface area contributed by atoms with Crippen LogP contribution in [0.1, 0.15) is 5.56 Å². The van der Waals surface area contributed by atoms with Crippen molar-refractivity contribution in [2.24, 2.45) is 0 Å². The van der Waals surface area contributed by atoms with Gasteiger partial charge in [-0.25, -0.2) is 0 Å². The molecule has 2 rings (SSSR count). The number of likely N-dealkylation sites (N-methyl/N-ethyl adjacent to an activating group) is 1. The van der Waals surface area contributed by atoms with Crippen LogP contribution in [0.5, 0.6) is 0 Å². The summed E-state index contributed by atoms with van der Waals surface area (Å²) in [6, 6.07) is 8.22. The Balaban J connectivity index is 2.34. The van der Waals surface area contributed by atoms with Crippen molar-refractivity contribution >= 4 is 11.6 Å². The predicted molar refractivity (Wildman–Crippen MR) is 56.4 cm³/mol. The molecule has 1 aliphatic rings. The van der Waals surface area contributed by atoms with Crippen LogP contribution >= 0.6 is 0 Å². The van der Waals surface area contributed by atoms with E-state index in [9.17, 15) is 4.79 Å².